The third kappa shape index (κ3) is 3.78. The molecule has 2 aromatic heterocycles. The molecule has 0 fully saturated rings. The highest BCUT2D eigenvalue weighted by Gasteiger charge is 2.19. The molecule has 0 saturated carbocycles. The van der Waals surface area contributed by atoms with Crippen LogP contribution in [0.3, 0.4) is 0 Å². The van der Waals surface area contributed by atoms with E-state index in [9.17, 15) is 18.0 Å². The second-order valence-corrected chi connectivity index (χ2v) is 5.59. The molecule has 2 heterocycles. The third-order valence-corrected chi connectivity index (χ3v) is 3.84. The summed E-state index contributed by atoms with van der Waals surface area (Å²) >= 11 is 0. The Bertz CT molecular complexity index is 1020. The zero-order valence-corrected chi connectivity index (χ0v) is 14.2. The summed E-state index contributed by atoms with van der Waals surface area (Å²) in [4.78, 5) is 20.2. The van der Waals surface area contributed by atoms with Crippen molar-refractivity contribution < 1.29 is 23.0 Å². The van der Waals surface area contributed by atoms with Crippen LogP contribution in [-0.4, -0.2) is 51.7 Å². The Balaban J connectivity index is 1.95. The molecule has 11 heteroatoms. The highest BCUT2D eigenvalue weighted by molar-refractivity contribution is 5.75. The first-order valence-electron chi connectivity index (χ1n) is 7.96. The summed E-state index contributed by atoms with van der Waals surface area (Å²) in [5.41, 5.74) is -0.780. The number of aliphatic hydroxyl groups is 1. The van der Waals surface area contributed by atoms with Gasteiger partial charge < -0.3 is 14.7 Å². The quantitative estimate of drug-likeness (QED) is 0.598. The molecule has 8 nitrogen and oxygen atoms in total. The zero-order valence-electron chi connectivity index (χ0n) is 14.2. The second kappa shape index (κ2) is 7.76. The molecule has 3 aromatic rings. The summed E-state index contributed by atoms with van der Waals surface area (Å²) in [7, 11) is 1.46. The van der Waals surface area contributed by atoms with Crippen LogP contribution in [0.15, 0.2) is 23.0 Å². The van der Waals surface area contributed by atoms with Gasteiger partial charge in [-0.2, -0.15) is 4.39 Å². The van der Waals surface area contributed by atoms with Gasteiger partial charge in [0.1, 0.15) is 0 Å². The van der Waals surface area contributed by atoms with Crippen molar-refractivity contribution in [1.29, 1.82) is 0 Å². The van der Waals surface area contributed by atoms with Crippen molar-refractivity contribution in [2.45, 2.75) is 6.54 Å². The molecular formula is C16H16F3N5O3. The van der Waals surface area contributed by atoms with Crippen LogP contribution in [-0.2, 0) is 11.3 Å². The van der Waals surface area contributed by atoms with Gasteiger partial charge in [0, 0.05) is 18.8 Å². The lowest BCUT2D eigenvalue weighted by molar-refractivity contribution is 0.0857. The molecule has 0 unspecified atom stereocenters. The number of halogens is 3. The summed E-state index contributed by atoms with van der Waals surface area (Å²) in [6.45, 7) is 0.158. The molecule has 27 heavy (non-hydrogen) atoms. The van der Waals surface area contributed by atoms with Crippen LogP contribution in [0.1, 0.15) is 0 Å². The van der Waals surface area contributed by atoms with Gasteiger partial charge in [-0.05, 0) is 12.1 Å². The van der Waals surface area contributed by atoms with Crippen LogP contribution in [0.25, 0.3) is 11.0 Å². The number of fused-ring (bicyclic) bond motifs is 1. The average Bonchev–Trinajstić information content (AvgIpc) is 2.97. The smallest absolute Gasteiger partial charge is 0.278 e. The van der Waals surface area contributed by atoms with E-state index in [1.165, 1.54) is 18.0 Å². The highest BCUT2D eigenvalue weighted by atomic mass is 19.2. The van der Waals surface area contributed by atoms with E-state index in [2.05, 4.69) is 15.1 Å². The van der Waals surface area contributed by atoms with E-state index < -0.39 is 23.1 Å². The first-order chi connectivity index (χ1) is 12.9. The Morgan fingerprint density at radius 3 is 2.74 bits per heavy atom. The van der Waals surface area contributed by atoms with Gasteiger partial charge in [-0.1, -0.05) is 0 Å². The van der Waals surface area contributed by atoms with E-state index in [0.29, 0.717) is 0 Å². The van der Waals surface area contributed by atoms with Crippen molar-refractivity contribution in [3.8, 4) is 0 Å². The van der Waals surface area contributed by atoms with Crippen molar-refractivity contribution in [3.63, 3.8) is 0 Å². The number of anilines is 2. The molecule has 144 valence electrons. The number of nitrogens with one attached hydrogen (secondary N) is 1. The number of hydrogen-bond donors (Lipinski definition) is 2. The predicted molar refractivity (Wildman–Crippen MR) is 90.4 cm³/mol. The topological polar surface area (TPSA) is 96.3 Å². The van der Waals surface area contributed by atoms with Gasteiger partial charge in [0.15, 0.2) is 22.7 Å². The van der Waals surface area contributed by atoms with E-state index in [1.807, 2.05) is 0 Å². The lowest BCUT2D eigenvalue weighted by atomic mass is 10.3. The molecule has 0 aliphatic heterocycles. The Kier molecular flexibility index (Phi) is 5.42. The molecule has 0 amide bonds. The monoisotopic (exact) mass is 383 g/mol. The van der Waals surface area contributed by atoms with Crippen molar-refractivity contribution in [2.75, 3.05) is 31.8 Å². The van der Waals surface area contributed by atoms with Gasteiger partial charge in [0.05, 0.1) is 26.4 Å². The molecule has 0 bridgehead atoms. The maximum absolute atomic E-state index is 14.2. The van der Waals surface area contributed by atoms with E-state index in [4.69, 9.17) is 9.84 Å². The molecule has 0 aliphatic rings. The van der Waals surface area contributed by atoms with E-state index in [-0.39, 0.29) is 49.0 Å². The van der Waals surface area contributed by atoms with Gasteiger partial charge in [-0.15, -0.1) is 5.10 Å². The number of H-pyrrole nitrogens is 1. The number of hydrogen-bond acceptors (Lipinski definition) is 6. The summed E-state index contributed by atoms with van der Waals surface area (Å²) < 4.78 is 46.9. The fraction of sp³-hybridized carbons (Fsp3) is 0.312. The first-order valence-corrected chi connectivity index (χ1v) is 7.96. The lowest BCUT2D eigenvalue weighted by Gasteiger charge is -2.17. The number of ether oxygens (including phenoxy) is 1. The summed E-state index contributed by atoms with van der Waals surface area (Å²) in [6, 6.07) is 3.15. The third-order valence-electron chi connectivity index (χ3n) is 3.84. The Hall–Kier alpha value is -2.92. The van der Waals surface area contributed by atoms with Crippen LogP contribution in [0.2, 0.25) is 0 Å². The maximum Gasteiger partial charge on any atom is 0.278 e. The van der Waals surface area contributed by atoms with Gasteiger partial charge in [-0.25, -0.2) is 13.8 Å². The molecule has 1 aromatic carbocycles. The van der Waals surface area contributed by atoms with E-state index in [0.717, 1.165) is 16.8 Å². The fourth-order valence-corrected chi connectivity index (χ4v) is 2.50. The van der Waals surface area contributed by atoms with Crippen molar-refractivity contribution in [1.82, 2.24) is 19.7 Å². The number of aromatic nitrogens is 4. The van der Waals surface area contributed by atoms with Gasteiger partial charge in [0.2, 0.25) is 5.95 Å². The number of benzene rings is 1. The fourth-order valence-electron chi connectivity index (χ4n) is 2.50. The maximum atomic E-state index is 14.2. The van der Waals surface area contributed by atoms with Crippen LogP contribution < -0.4 is 10.5 Å². The molecule has 0 spiro atoms. The molecule has 0 atom stereocenters. The Labute approximate surface area is 150 Å². The molecule has 2 N–H and O–H groups in total. The molecule has 0 aliphatic carbocycles. The van der Waals surface area contributed by atoms with Crippen molar-refractivity contribution in [3.05, 3.63) is 46.1 Å². The number of aliphatic hydroxyl groups excluding tert-OH is 1. The minimum absolute atomic E-state index is 0.0616. The van der Waals surface area contributed by atoms with E-state index >= 15 is 0 Å². The normalized spacial score (nSPS) is 11.3. The minimum Gasteiger partial charge on any atom is -0.394 e. The standard InChI is InChI=1S/C16H16F3N5O3/c1-23(9-2-3-10(17)11(18)8-9)16-20-12-13(15(26)21-16)24(22-14(12)19)4-6-27-7-5-25/h2-3,8,25H,4-7H2,1H3,(H,20,21,26). The second-order valence-electron chi connectivity index (χ2n) is 5.59. The van der Waals surface area contributed by atoms with Crippen LogP contribution in [0, 0.1) is 17.6 Å². The van der Waals surface area contributed by atoms with Crippen molar-refractivity contribution >= 4 is 22.7 Å². The summed E-state index contributed by atoms with van der Waals surface area (Å²) in [5, 5.41) is 12.3. The summed E-state index contributed by atoms with van der Waals surface area (Å²) in [5.74, 6) is -3.09. The Morgan fingerprint density at radius 1 is 1.26 bits per heavy atom. The van der Waals surface area contributed by atoms with Gasteiger partial charge >= 0.3 is 0 Å². The largest absolute Gasteiger partial charge is 0.394 e. The summed E-state index contributed by atoms with van der Waals surface area (Å²) in [6.07, 6.45) is 0. The van der Waals surface area contributed by atoms with Crippen LogP contribution >= 0.6 is 0 Å². The highest BCUT2D eigenvalue weighted by Crippen LogP contribution is 2.23. The van der Waals surface area contributed by atoms with Crippen LogP contribution in [0.5, 0.6) is 0 Å². The average molecular weight is 383 g/mol. The minimum atomic E-state index is -1.07. The zero-order chi connectivity index (χ0) is 19.6. The SMILES string of the molecule is CN(c1ccc(F)c(F)c1)c1nc2c(F)nn(CCOCCO)c2c(=O)[nH]1. The first kappa shape index (κ1) is 18.9. The predicted octanol–water partition coefficient (Wildman–Crippen LogP) is 1.31. The molecule has 0 radical (unpaired) electrons. The molecule has 0 saturated heterocycles. The molecular weight excluding hydrogens is 367 g/mol. The number of aromatic amines is 1. The Morgan fingerprint density at radius 2 is 2.04 bits per heavy atom. The van der Waals surface area contributed by atoms with Gasteiger partial charge in [0.25, 0.3) is 11.5 Å². The lowest BCUT2D eigenvalue weighted by Crippen LogP contribution is -2.21. The van der Waals surface area contributed by atoms with Gasteiger partial charge in [-0.3, -0.25) is 14.5 Å². The van der Waals surface area contributed by atoms with Crippen LogP contribution in [0.4, 0.5) is 24.8 Å². The number of rotatable bonds is 7. The van der Waals surface area contributed by atoms with Crippen molar-refractivity contribution in [2.24, 2.45) is 0 Å². The number of nitrogens with zero attached hydrogens (tertiary/aromatic N) is 4. The van der Waals surface area contributed by atoms with E-state index in [1.54, 1.807) is 0 Å². The molecule has 3 rings (SSSR count).